The van der Waals surface area contributed by atoms with Crippen molar-refractivity contribution in [3.8, 4) is 10.6 Å². The third kappa shape index (κ3) is 3.40. The molecule has 0 amide bonds. The van der Waals surface area contributed by atoms with Crippen molar-refractivity contribution in [1.29, 1.82) is 0 Å². The van der Waals surface area contributed by atoms with Crippen LogP contribution in [0.1, 0.15) is 16.4 Å². The third-order valence-corrected chi connectivity index (χ3v) is 4.34. The van der Waals surface area contributed by atoms with E-state index in [1.165, 1.54) is 11.3 Å². The van der Waals surface area contributed by atoms with Gasteiger partial charge in [-0.2, -0.15) is 0 Å². The predicted octanol–water partition coefficient (Wildman–Crippen LogP) is 2.66. The van der Waals surface area contributed by atoms with Crippen molar-refractivity contribution >= 4 is 17.1 Å². The summed E-state index contributed by atoms with van der Waals surface area (Å²) < 4.78 is 0. The van der Waals surface area contributed by atoms with Crippen molar-refractivity contribution in [3.05, 3.63) is 59.4 Å². The van der Waals surface area contributed by atoms with Gasteiger partial charge in [0, 0.05) is 41.6 Å². The van der Waals surface area contributed by atoms with Gasteiger partial charge in [-0.15, -0.1) is 11.3 Å². The molecule has 0 aromatic carbocycles. The van der Waals surface area contributed by atoms with Crippen molar-refractivity contribution in [2.45, 2.75) is 19.8 Å². The maximum Gasteiger partial charge on any atom is 0.145 e. The van der Waals surface area contributed by atoms with Crippen LogP contribution in [0.2, 0.25) is 0 Å². The fraction of sp³-hybridized carbons (Fsp3) is 0.188. The lowest BCUT2D eigenvalue weighted by molar-refractivity contribution is -0.117. The molecular formula is C16H14N4OS. The molecule has 0 aliphatic rings. The highest BCUT2D eigenvalue weighted by atomic mass is 32.1. The summed E-state index contributed by atoms with van der Waals surface area (Å²) in [5.41, 5.74) is 1.87. The van der Waals surface area contributed by atoms with Crippen LogP contribution in [0.3, 0.4) is 0 Å². The summed E-state index contributed by atoms with van der Waals surface area (Å²) in [6.45, 7) is 1.93. The standard InChI is InChI=1S/C16H14N4OS/c1-11-14(8-13(21)9-15-18-6-3-7-19-15)22-16(20-11)12-4-2-5-17-10-12/h2-7,10H,8-9H2,1H3. The van der Waals surface area contributed by atoms with E-state index in [4.69, 9.17) is 0 Å². The molecule has 5 nitrogen and oxygen atoms in total. The van der Waals surface area contributed by atoms with Gasteiger partial charge in [0.25, 0.3) is 0 Å². The second kappa shape index (κ2) is 6.53. The largest absolute Gasteiger partial charge is 0.299 e. The van der Waals surface area contributed by atoms with Gasteiger partial charge in [-0.1, -0.05) is 0 Å². The lowest BCUT2D eigenvalue weighted by Crippen LogP contribution is -2.08. The molecule has 0 N–H and O–H groups in total. The summed E-state index contributed by atoms with van der Waals surface area (Å²) in [4.78, 5) is 30.0. The molecule has 0 unspecified atom stereocenters. The molecule has 0 spiro atoms. The summed E-state index contributed by atoms with van der Waals surface area (Å²) in [6.07, 6.45) is 7.42. The molecule has 3 rings (SSSR count). The molecule has 0 radical (unpaired) electrons. The fourth-order valence-corrected chi connectivity index (χ4v) is 3.13. The first-order valence-corrected chi connectivity index (χ1v) is 7.68. The third-order valence-electron chi connectivity index (χ3n) is 3.13. The van der Waals surface area contributed by atoms with E-state index in [1.807, 2.05) is 19.1 Å². The molecule has 0 saturated heterocycles. The van der Waals surface area contributed by atoms with E-state index in [1.54, 1.807) is 30.9 Å². The van der Waals surface area contributed by atoms with Crippen LogP contribution in [-0.4, -0.2) is 25.7 Å². The van der Waals surface area contributed by atoms with Gasteiger partial charge in [0.15, 0.2) is 0 Å². The van der Waals surface area contributed by atoms with Gasteiger partial charge in [-0.05, 0) is 25.1 Å². The second-order valence-corrected chi connectivity index (χ2v) is 5.91. The van der Waals surface area contributed by atoms with Crippen molar-refractivity contribution < 1.29 is 4.79 Å². The van der Waals surface area contributed by atoms with Crippen molar-refractivity contribution in [2.24, 2.45) is 0 Å². The van der Waals surface area contributed by atoms with Crippen LogP contribution in [0.15, 0.2) is 43.0 Å². The van der Waals surface area contributed by atoms with Gasteiger partial charge in [0.2, 0.25) is 0 Å². The van der Waals surface area contributed by atoms with Gasteiger partial charge < -0.3 is 0 Å². The monoisotopic (exact) mass is 310 g/mol. The highest BCUT2D eigenvalue weighted by molar-refractivity contribution is 7.15. The number of aromatic nitrogens is 4. The minimum atomic E-state index is 0.0932. The number of carbonyl (C=O) groups is 1. The molecule has 0 atom stereocenters. The Labute approximate surface area is 132 Å². The Morgan fingerprint density at radius 1 is 1.14 bits per heavy atom. The lowest BCUT2D eigenvalue weighted by Gasteiger charge is -1.98. The smallest absolute Gasteiger partial charge is 0.145 e. The zero-order valence-corrected chi connectivity index (χ0v) is 12.9. The Balaban J connectivity index is 1.73. The highest BCUT2D eigenvalue weighted by Gasteiger charge is 2.14. The maximum absolute atomic E-state index is 12.2. The zero-order chi connectivity index (χ0) is 15.4. The Kier molecular flexibility index (Phi) is 4.29. The van der Waals surface area contributed by atoms with Crippen LogP contribution in [0.4, 0.5) is 0 Å². The molecular weight excluding hydrogens is 296 g/mol. The summed E-state index contributed by atoms with van der Waals surface area (Å²) in [5, 5.41) is 0.893. The highest BCUT2D eigenvalue weighted by Crippen LogP contribution is 2.27. The number of rotatable bonds is 5. The Morgan fingerprint density at radius 2 is 1.95 bits per heavy atom. The number of ketones is 1. The molecule has 0 aliphatic carbocycles. The Bertz CT molecular complexity index is 771. The van der Waals surface area contributed by atoms with Gasteiger partial charge in [-0.3, -0.25) is 9.78 Å². The second-order valence-electron chi connectivity index (χ2n) is 4.83. The van der Waals surface area contributed by atoms with E-state index in [0.29, 0.717) is 12.2 Å². The van der Waals surface area contributed by atoms with Gasteiger partial charge in [-0.25, -0.2) is 15.0 Å². The van der Waals surface area contributed by atoms with Crippen LogP contribution in [0.5, 0.6) is 0 Å². The number of hydrogen-bond acceptors (Lipinski definition) is 6. The van der Waals surface area contributed by atoms with Crippen molar-refractivity contribution in [1.82, 2.24) is 19.9 Å². The van der Waals surface area contributed by atoms with Gasteiger partial charge in [0.1, 0.15) is 16.6 Å². The maximum atomic E-state index is 12.2. The lowest BCUT2D eigenvalue weighted by atomic mass is 10.1. The fourth-order valence-electron chi connectivity index (χ4n) is 2.04. The minimum absolute atomic E-state index is 0.0932. The van der Waals surface area contributed by atoms with Crippen LogP contribution in [-0.2, 0) is 17.6 Å². The SMILES string of the molecule is Cc1nc(-c2cccnc2)sc1CC(=O)Cc1ncccn1. The van der Waals surface area contributed by atoms with E-state index in [0.717, 1.165) is 21.1 Å². The molecule has 0 bridgehead atoms. The van der Waals surface area contributed by atoms with E-state index in [9.17, 15) is 4.79 Å². The van der Waals surface area contributed by atoms with E-state index >= 15 is 0 Å². The van der Waals surface area contributed by atoms with Crippen LogP contribution in [0.25, 0.3) is 10.6 Å². The van der Waals surface area contributed by atoms with Crippen molar-refractivity contribution in [2.75, 3.05) is 0 Å². The first-order valence-electron chi connectivity index (χ1n) is 6.86. The predicted molar refractivity (Wildman–Crippen MR) is 84.5 cm³/mol. The summed E-state index contributed by atoms with van der Waals surface area (Å²) >= 11 is 1.54. The summed E-state index contributed by atoms with van der Waals surface area (Å²) in [5.74, 6) is 0.651. The summed E-state index contributed by atoms with van der Waals surface area (Å²) in [6, 6.07) is 5.58. The normalized spacial score (nSPS) is 10.6. The first kappa shape index (κ1) is 14.5. The average molecular weight is 310 g/mol. The number of aryl methyl sites for hydroxylation is 1. The van der Waals surface area contributed by atoms with E-state index in [-0.39, 0.29) is 12.2 Å². The molecule has 3 aromatic heterocycles. The van der Waals surface area contributed by atoms with E-state index in [2.05, 4.69) is 19.9 Å². The molecule has 6 heteroatoms. The van der Waals surface area contributed by atoms with Gasteiger partial charge >= 0.3 is 0 Å². The minimum Gasteiger partial charge on any atom is -0.299 e. The molecule has 0 saturated carbocycles. The number of nitrogens with zero attached hydrogens (tertiary/aromatic N) is 4. The Morgan fingerprint density at radius 3 is 2.68 bits per heavy atom. The number of pyridine rings is 1. The molecule has 110 valence electrons. The van der Waals surface area contributed by atoms with Crippen LogP contribution < -0.4 is 0 Å². The van der Waals surface area contributed by atoms with Crippen LogP contribution >= 0.6 is 11.3 Å². The summed E-state index contributed by atoms with van der Waals surface area (Å²) in [7, 11) is 0. The first-order chi connectivity index (χ1) is 10.7. The quantitative estimate of drug-likeness (QED) is 0.724. The average Bonchev–Trinajstić information content (AvgIpc) is 2.90. The van der Waals surface area contributed by atoms with Crippen molar-refractivity contribution in [3.63, 3.8) is 0 Å². The van der Waals surface area contributed by atoms with E-state index < -0.39 is 0 Å². The molecule has 3 aromatic rings. The molecule has 3 heterocycles. The number of Topliss-reactive ketones (excluding diaryl/α,β-unsaturated/α-hetero) is 1. The molecule has 0 aliphatic heterocycles. The van der Waals surface area contributed by atoms with Crippen LogP contribution in [0, 0.1) is 6.92 Å². The topological polar surface area (TPSA) is 68.6 Å². The molecule has 0 fully saturated rings. The Hall–Kier alpha value is -2.47. The molecule has 22 heavy (non-hydrogen) atoms. The zero-order valence-electron chi connectivity index (χ0n) is 12.1. The number of carbonyl (C=O) groups excluding carboxylic acids is 1. The number of hydrogen-bond donors (Lipinski definition) is 0. The van der Waals surface area contributed by atoms with Gasteiger partial charge in [0.05, 0.1) is 12.1 Å². The number of thiazole rings is 1.